The van der Waals surface area contributed by atoms with Crippen LogP contribution in [0.2, 0.25) is 0 Å². The molecule has 1 unspecified atom stereocenters. The van der Waals surface area contributed by atoms with E-state index >= 15 is 0 Å². The molecule has 3 aliphatic rings. The molecule has 16 atom stereocenters. The Kier molecular flexibility index (Phi) is 18.5. The second kappa shape index (κ2) is 21.8. The molecule has 2 saturated heterocycles. The second-order valence-electron chi connectivity index (χ2n) is 15.7. The van der Waals surface area contributed by atoms with E-state index < -0.39 is 121 Å². The van der Waals surface area contributed by atoms with E-state index in [0.717, 1.165) is 0 Å². The Morgan fingerprint density at radius 3 is 2.30 bits per heavy atom. The highest BCUT2D eigenvalue weighted by Crippen LogP contribution is 2.37. The summed E-state index contributed by atoms with van der Waals surface area (Å²) >= 11 is 0. The molecule has 0 aromatic rings. The SMILES string of the molecule is CCC(=O)O[C@@H]1CC(=O)O[C@H](C)C/C=C/C=C/[C@H](O)[C@H](C)C[C@H](CC=O)[C@H](O[C@@H]2O[C@H](C)[C@@H](O[C@H]3C[C@@](C)(O)[C@@H](OC(C)=O)[C@H](C)O3)[C@H](N(C)C)[C@H]2O)C1OC. The van der Waals surface area contributed by atoms with E-state index in [-0.39, 0.29) is 25.7 Å². The number of methoxy groups -OCH3 is 1. The van der Waals surface area contributed by atoms with Gasteiger partial charge in [-0.1, -0.05) is 38.2 Å². The quantitative estimate of drug-likeness (QED) is 0.156. The van der Waals surface area contributed by atoms with Gasteiger partial charge in [-0.05, 0) is 60.0 Å². The number of allylic oxidation sites excluding steroid dienone is 2. The van der Waals surface area contributed by atoms with Gasteiger partial charge < -0.3 is 62.9 Å². The van der Waals surface area contributed by atoms with Crippen molar-refractivity contribution in [1.29, 1.82) is 0 Å². The number of nitrogens with zero attached hydrogens (tertiary/aromatic N) is 1. The molecule has 3 aliphatic heterocycles. The van der Waals surface area contributed by atoms with Crippen LogP contribution in [0.15, 0.2) is 24.3 Å². The second-order valence-corrected chi connectivity index (χ2v) is 15.7. The first-order valence-corrected chi connectivity index (χ1v) is 19.6. The molecule has 0 bridgehead atoms. The molecule has 16 heteroatoms. The van der Waals surface area contributed by atoms with Gasteiger partial charge in [0.2, 0.25) is 0 Å². The average Bonchev–Trinajstić information content (AvgIpc) is 3.10. The minimum Gasteiger partial charge on any atom is -0.462 e. The summed E-state index contributed by atoms with van der Waals surface area (Å²) < 4.78 is 48.3. The zero-order valence-corrected chi connectivity index (χ0v) is 34.5. The van der Waals surface area contributed by atoms with Crippen molar-refractivity contribution in [2.24, 2.45) is 11.8 Å². The molecule has 0 saturated carbocycles. The first kappa shape index (κ1) is 47.6. The van der Waals surface area contributed by atoms with Crippen LogP contribution in [0.1, 0.15) is 87.0 Å². The average molecular weight is 800 g/mol. The van der Waals surface area contributed by atoms with Gasteiger partial charge in [0.1, 0.15) is 42.4 Å². The normalized spacial score (nSPS) is 41.6. The molecule has 56 heavy (non-hydrogen) atoms. The molecule has 3 heterocycles. The third-order valence-electron chi connectivity index (χ3n) is 10.6. The third-order valence-corrected chi connectivity index (χ3v) is 10.6. The van der Waals surface area contributed by atoms with Crippen molar-refractivity contribution >= 4 is 24.2 Å². The molecule has 320 valence electrons. The topological polar surface area (TPSA) is 206 Å². The first-order chi connectivity index (χ1) is 26.3. The van der Waals surface area contributed by atoms with Crippen molar-refractivity contribution in [2.45, 2.75) is 172 Å². The summed E-state index contributed by atoms with van der Waals surface area (Å²) in [5.74, 6) is -2.91. The van der Waals surface area contributed by atoms with Crippen molar-refractivity contribution in [3.63, 3.8) is 0 Å². The Morgan fingerprint density at radius 2 is 1.71 bits per heavy atom. The van der Waals surface area contributed by atoms with Gasteiger partial charge in [0.05, 0.1) is 36.9 Å². The first-order valence-electron chi connectivity index (χ1n) is 19.6. The highest BCUT2D eigenvalue weighted by molar-refractivity contribution is 5.72. The summed E-state index contributed by atoms with van der Waals surface area (Å²) in [6.45, 7) is 11.3. The number of esters is 3. The third kappa shape index (κ3) is 13.1. The maximum atomic E-state index is 13.3. The van der Waals surface area contributed by atoms with Crippen molar-refractivity contribution in [3.8, 4) is 0 Å². The number of hydrogen-bond donors (Lipinski definition) is 3. The predicted octanol–water partition coefficient (Wildman–Crippen LogP) is 2.38. The van der Waals surface area contributed by atoms with E-state index in [1.54, 1.807) is 64.9 Å². The summed E-state index contributed by atoms with van der Waals surface area (Å²) in [5, 5.41) is 34.3. The van der Waals surface area contributed by atoms with Gasteiger partial charge in [-0.15, -0.1) is 0 Å². The Morgan fingerprint density at radius 1 is 1.02 bits per heavy atom. The number of ether oxygens (including phenoxy) is 8. The van der Waals surface area contributed by atoms with Crippen molar-refractivity contribution in [1.82, 2.24) is 4.90 Å². The zero-order valence-electron chi connectivity index (χ0n) is 34.5. The number of aliphatic hydroxyl groups excluding tert-OH is 2. The fourth-order valence-electron chi connectivity index (χ4n) is 7.77. The number of hydrogen-bond acceptors (Lipinski definition) is 16. The van der Waals surface area contributed by atoms with Crippen LogP contribution in [-0.2, 0) is 57.1 Å². The van der Waals surface area contributed by atoms with Gasteiger partial charge in [0.25, 0.3) is 0 Å². The van der Waals surface area contributed by atoms with Crippen LogP contribution in [0.25, 0.3) is 0 Å². The van der Waals surface area contributed by atoms with Gasteiger partial charge in [0, 0.05) is 39.7 Å². The number of carbonyl (C=O) groups excluding carboxylic acids is 4. The lowest BCUT2D eigenvalue weighted by molar-refractivity contribution is -0.344. The lowest BCUT2D eigenvalue weighted by atomic mass is 9.82. The standard InChI is InChI=1S/C40H65NO15/c1-11-30(45)54-29-20-31(46)50-23(3)15-13-12-14-16-28(44)22(2)19-27(17-18-42)36(37(29)49-10)56-39-34(47)33(41(8)9)35(24(4)52-39)55-32-21-40(7,48)38(25(5)51-32)53-26(6)43/h12-14,16,18,22-25,27-29,32-39,44,47-48H,11,15,17,19-21H2,1-10H3/b13-12+,16-14+/t22-,23-,24-,25+,27+,28+,29-,32+,33-,34-,35-,36+,37?,38+,39+,40-/m1/s1. The van der Waals surface area contributed by atoms with Crippen LogP contribution < -0.4 is 0 Å². The zero-order chi connectivity index (χ0) is 41.9. The number of aldehydes is 1. The molecular formula is C40H65NO15. The van der Waals surface area contributed by atoms with E-state index in [4.69, 9.17) is 37.9 Å². The number of likely N-dealkylation sites (N-methyl/N-ethyl adjacent to an activating group) is 1. The minimum absolute atomic E-state index is 0.000768. The molecule has 0 radical (unpaired) electrons. The molecule has 0 aromatic heterocycles. The smallest absolute Gasteiger partial charge is 0.309 e. The minimum atomic E-state index is -1.49. The Labute approximate surface area is 330 Å². The van der Waals surface area contributed by atoms with Crippen molar-refractivity contribution in [3.05, 3.63) is 24.3 Å². The van der Waals surface area contributed by atoms with Gasteiger partial charge in [-0.3, -0.25) is 14.4 Å². The fraction of sp³-hybridized carbons (Fsp3) is 0.800. The van der Waals surface area contributed by atoms with Crippen LogP contribution in [0, 0.1) is 11.8 Å². The van der Waals surface area contributed by atoms with Crippen LogP contribution in [0.4, 0.5) is 0 Å². The van der Waals surface area contributed by atoms with Crippen LogP contribution in [0.5, 0.6) is 0 Å². The number of aliphatic hydroxyl groups is 3. The Balaban J connectivity index is 2.02. The van der Waals surface area contributed by atoms with E-state index in [2.05, 4.69) is 0 Å². The molecule has 0 amide bonds. The molecule has 3 N–H and O–H groups in total. The maximum absolute atomic E-state index is 13.3. The number of cyclic esters (lactones) is 1. The lowest BCUT2D eigenvalue weighted by Crippen LogP contribution is -2.66. The van der Waals surface area contributed by atoms with Crippen molar-refractivity contribution < 1.29 is 72.4 Å². The van der Waals surface area contributed by atoms with Gasteiger partial charge in [-0.2, -0.15) is 0 Å². The lowest BCUT2D eigenvalue weighted by Gasteiger charge is -2.50. The molecule has 2 fully saturated rings. The van der Waals surface area contributed by atoms with Crippen LogP contribution in [-0.4, -0.2) is 151 Å². The number of rotatable bonds is 11. The Hall–Kier alpha value is -2.80. The summed E-state index contributed by atoms with van der Waals surface area (Å²) in [7, 11) is 4.85. The highest BCUT2D eigenvalue weighted by atomic mass is 16.7. The van der Waals surface area contributed by atoms with Crippen LogP contribution in [0.3, 0.4) is 0 Å². The Bertz CT molecular complexity index is 1340. The molecule has 16 nitrogen and oxygen atoms in total. The molecule has 0 spiro atoms. The summed E-state index contributed by atoms with van der Waals surface area (Å²) in [5.41, 5.74) is -1.49. The monoisotopic (exact) mass is 799 g/mol. The molecular weight excluding hydrogens is 734 g/mol. The van der Waals surface area contributed by atoms with E-state index in [1.165, 1.54) is 21.0 Å². The summed E-state index contributed by atoms with van der Waals surface area (Å²) in [6, 6.07) is -0.778. The van der Waals surface area contributed by atoms with Gasteiger partial charge in [-0.25, -0.2) is 0 Å². The molecule has 0 aliphatic carbocycles. The molecule has 3 rings (SSSR count). The summed E-state index contributed by atoms with van der Waals surface area (Å²) in [6.07, 6.45) is -4.23. The largest absolute Gasteiger partial charge is 0.462 e. The highest BCUT2D eigenvalue weighted by Gasteiger charge is 2.53. The van der Waals surface area contributed by atoms with Gasteiger partial charge in [0.15, 0.2) is 18.7 Å². The van der Waals surface area contributed by atoms with E-state index in [0.29, 0.717) is 12.7 Å². The number of carbonyl (C=O) groups is 4. The van der Waals surface area contributed by atoms with E-state index in [1.807, 2.05) is 13.0 Å². The predicted molar refractivity (Wildman–Crippen MR) is 201 cm³/mol. The summed E-state index contributed by atoms with van der Waals surface area (Å²) in [4.78, 5) is 51.8. The van der Waals surface area contributed by atoms with Gasteiger partial charge >= 0.3 is 17.9 Å². The van der Waals surface area contributed by atoms with E-state index in [9.17, 15) is 34.5 Å². The maximum Gasteiger partial charge on any atom is 0.309 e. The van der Waals surface area contributed by atoms with Crippen LogP contribution >= 0.6 is 0 Å². The molecule has 0 aromatic carbocycles. The van der Waals surface area contributed by atoms with Crippen molar-refractivity contribution in [2.75, 3.05) is 21.2 Å². The fourth-order valence-corrected chi connectivity index (χ4v) is 7.77.